The van der Waals surface area contributed by atoms with Gasteiger partial charge in [0, 0.05) is 38.3 Å². The summed E-state index contributed by atoms with van der Waals surface area (Å²) in [5.74, 6) is 2.15. The Kier molecular flexibility index (Phi) is 3.93. The molecule has 1 aliphatic heterocycles. The lowest BCUT2D eigenvalue weighted by Crippen LogP contribution is -2.50. The summed E-state index contributed by atoms with van der Waals surface area (Å²) < 4.78 is 13.0. The summed E-state index contributed by atoms with van der Waals surface area (Å²) in [5.41, 5.74) is 0.582. The van der Waals surface area contributed by atoms with Crippen LogP contribution < -0.4 is 0 Å². The second kappa shape index (κ2) is 6.08. The molecule has 2 aliphatic carbocycles. The van der Waals surface area contributed by atoms with Gasteiger partial charge in [-0.2, -0.15) is 0 Å². The monoisotopic (exact) mass is 314 g/mol. The molecule has 3 aliphatic rings. The molecule has 1 amide bonds. The quantitative estimate of drug-likeness (QED) is 0.801. The van der Waals surface area contributed by atoms with E-state index in [1.807, 2.05) is 4.90 Å². The first-order chi connectivity index (χ1) is 11.2. The van der Waals surface area contributed by atoms with E-state index in [1.54, 1.807) is 12.1 Å². The van der Waals surface area contributed by atoms with Crippen LogP contribution in [0.2, 0.25) is 0 Å². The fourth-order valence-corrected chi connectivity index (χ4v) is 4.34. The Balaban J connectivity index is 1.29. The van der Waals surface area contributed by atoms with Gasteiger partial charge in [0.15, 0.2) is 0 Å². The van der Waals surface area contributed by atoms with Crippen LogP contribution in [-0.4, -0.2) is 48.4 Å². The van der Waals surface area contributed by atoms with E-state index < -0.39 is 0 Å². The summed E-state index contributed by atoms with van der Waals surface area (Å²) in [6.45, 7) is 4.61. The molecule has 2 fully saturated rings. The van der Waals surface area contributed by atoms with Crippen LogP contribution in [0.3, 0.4) is 0 Å². The Morgan fingerprint density at radius 1 is 1.04 bits per heavy atom. The average molecular weight is 314 g/mol. The predicted octanol–water partition coefficient (Wildman–Crippen LogP) is 2.80. The molecule has 1 aromatic carbocycles. The molecule has 0 aromatic heterocycles. The summed E-state index contributed by atoms with van der Waals surface area (Å²) >= 11 is 0. The van der Waals surface area contributed by atoms with Gasteiger partial charge in [0.25, 0.3) is 5.91 Å². The van der Waals surface area contributed by atoms with E-state index in [4.69, 9.17) is 0 Å². The maximum atomic E-state index is 13.0. The van der Waals surface area contributed by atoms with Crippen LogP contribution in [-0.2, 0) is 0 Å². The zero-order chi connectivity index (χ0) is 15.8. The van der Waals surface area contributed by atoms with Crippen molar-refractivity contribution < 1.29 is 9.18 Å². The molecule has 3 atom stereocenters. The van der Waals surface area contributed by atoms with Crippen molar-refractivity contribution in [2.45, 2.75) is 12.8 Å². The van der Waals surface area contributed by atoms with Gasteiger partial charge in [-0.05, 0) is 54.9 Å². The van der Waals surface area contributed by atoms with Crippen molar-refractivity contribution in [3.05, 3.63) is 47.8 Å². The van der Waals surface area contributed by atoms with Crippen LogP contribution in [0.5, 0.6) is 0 Å². The van der Waals surface area contributed by atoms with Crippen LogP contribution in [0.15, 0.2) is 36.4 Å². The average Bonchev–Trinajstić information content (AvgIpc) is 3.18. The standard InChI is InChI=1S/C19H23FN2O/c20-18-5-3-15(4-6-18)19(23)22-9-7-21(8-10-22)13-17-12-14-1-2-16(17)11-14/h1-6,14,16-17H,7-13H2/t14-,16+,17-/m0/s1. The van der Waals surface area contributed by atoms with Crippen LogP contribution in [0.4, 0.5) is 4.39 Å². The second-order valence-electron chi connectivity index (χ2n) is 7.14. The number of fused-ring (bicyclic) bond motifs is 2. The van der Waals surface area contributed by atoms with E-state index in [0.29, 0.717) is 5.56 Å². The van der Waals surface area contributed by atoms with Crippen LogP contribution >= 0.6 is 0 Å². The number of benzene rings is 1. The molecule has 122 valence electrons. The van der Waals surface area contributed by atoms with E-state index in [9.17, 15) is 9.18 Å². The van der Waals surface area contributed by atoms with Crippen molar-refractivity contribution in [2.75, 3.05) is 32.7 Å². The molecule has 0 radical (unpaired) electrons. The van der Waals surface area contributed by atoms with Gasteiger partial charge in [-0.3, -0.25) is 9.69 Å². The number of hydrogen-bond donors (Lipinski definition) is 0. The van der Waals surface area contributed by atoms with Crippen molar-refractivity contribution in [3.63, 3.8) is 0 Å². The number of carbonyl (C=O) groups excluding carboxylic acids is 1. The molecule has 1 aromatic rings. The number of rotatable bonds is 3. The molecule has 0 spiro atoms. The SMILES string of the molecule is O=C(c1ccc(F)cc1)N1CCN(C[C@@H]2C[C@H]3C=C[C@@H]2C3)CC1. The smallest absolute Gasteiger partial charge is 0.253 e. The zero-order valence-corrected chi connectivity index (χ0v) is 13.3. The lowest BCUT2D eigenvalue weighted by molar-refractivity contribution is 0.0610. The molecule has 1 heterocycles. The highest BCUT2D eigenvalue weighted by Gasteiger charge is 2.36. The highest BCUT2D eigenvalue weighted by molar-refractivity contribution is 5.94. The van der Waals surface area contributed by atoms with Crippen LogP contribution in [0, 0.1) is 23.6 Å². The highest BCUT2D eigenvalue weighted by atomic mass is 19.1. The van der Waals surface area contributed by atoms with E-state index >= 15 is 0 Å². The molecule has 3 nitrogen and oxygen atoms in total. The number of nitrogens with zero attached hydrogens (tertiary/aromatic N) is 2. The summed E-state index contributed by atoms with van der Waals surface area (Å²) in [6.07, 6.45) is 7.50. The largest absolute Gasteiger partial charge is 0.336 e. The van der Waals surface area contributed by atoms with E-state index in [-0.39, 0.29) is 11.7 Å². The Morgan fingerprint density at radius 2 is 1.78 bits per heavy atom. The second-order valence-corrected chi connectivity index (χ2v) is 7.14. The third kappa shape index (κ3) is 3.05. The summed E-state index contributed by atoms with van der Waals surface area (Å²) in [5, 5.41) is 0. The van der Waals surface area contributed by atoms with Gasteiger partial charge in [0.2, 0.25) is 0 Å². The lowest BCUT2D eigenvalue weighted by Gasteiger charge is -2.37. The first-order valence-corrected chi connectivity index (χ1v) is 8.64. The van der Waals surface area contributed by atoms with Gasteiger partial charge in [-0.25, -0.2) is 4.39 Å². The highest BCUT2D eigenvalue weighted by Crippen LogP contribution is 2.43. The Hall–Kier alpha value is -1.68. The molecule has 0 unspecified atom stereocenters. The van der Waals surface area contributed by atoms with Crippen molar-refractivity contribution in [1.82, 2.24) is 9.80 Å². The first kappa shape index (κ1) is 14.9. The van der Waals surface area contributed by atoms with Gasteiger partial charge < -0.3 is 4.90 Å². The number of amides is 1. The predicted molar refractivity (Wildman–Crippen MR) is 87.6 cm³/mol. The van der Waals surface area contributed by atoms with Gasteiger partial charge >= 0.3 is 0 Å². The maximum Gasteiger partial charge on any atom is 0.253 e. The fraction of sp³-hybridized carbons (Fsp3) is 0.526. The van der Waals surface area contributed by atoms with Crippen LogP contribution in [0.1, 0.15) is 23.2 Å². The topological polar surface area (TPSA) is 23.6 Å². The van der Waals surface area contributed by atoms with Crippen molar-refractivity contribution in [2.24, 2.45) is 17.8 Å². The van der Waals surface area contributed by atoms with Crippen molar-refractivity contribution in [3.8, 4) is 0 Å². The third-order valence-corrected chi connectivity index (χ3v) is 5.66. The molecule has 2 bridgehead atoms. The summed E-state index contributed by atoms with van der Waals surface area (Å²) in [4.78, 5) is 16.8. The molecule has 1 saturated heterocycles. The van der Waals surface area contributed by atoms with E-state index in [0.717, 1.165) is 43.9 Å². The Morgan fingerprint density at radius 3 is 2.39 bits per heavy atom. The van der Waals surface area contributed by atoms with Gasteiger partial charge in [-0.15, -0.1) is 0 Å². The molecule has 0 N–H and O–H groups in total. The summed E-state index contributed by atoms with van der Waals surface area (Å²) in [7, 11) is 0. The van der Waals surface area contributed by atoms with Gasteiger partial charge in [0.05, 0.1) is 0 Å². The zero-order valence-electron chi connectivity index (χ0n) is 13.3. The van der Waals surface area contributed by atoms with Gasteiger partial charge in [0.1, 0.15) is 5.82 Å². The van der Waals surface area contributed by atoms with E-state index in [2.05, 4.69) is 17.1 Å². The normalized spacial score (nSPS) is 30.1. The molecule has 4 heteroatoms. The molecule has 4 rings (SSSR count). The number of allylic oxidation sites excluding steroid dienone is 2. The lowest BCUT2D eigenvalue weighted by atomic mass is 9.93. The van der Waals surface area contributed by atoms with Gasteiger partial charge in [-0.1, -0.05) is 12.2 Å². The van der Waals surface area contributed by atoms with Crippen LogP contribution in [0.25, 0.3) is 0 Å². The minimum atomic E-state index is -0.300. The number of halogens is 1. The maximum absolute atomic E-state index is 13.0. The van der Waals surface area contributed by atoms with Crippen molar-refractivity contribution >= 4 is 5.91 Å². The third-order valence-electron chi connectivity index (χ3n) is 5.66. The molecule has 1 saturated carbocycles. The first-order valence-electron chi connectivity index (χ1n) is 8.64. The minimum Gasteiger partial charge on any atom is -0.336 e. The molecule has 23 heavy (non-hydrogen) atoms. The number of piperazine rings is 1. The van der Waals surface area contributed by atoms with E-state index in [1.165, 1.54) is 31.5 Å². The fourth-order valence-electron chi connectivity index (χ4n) is 4.34. The number of hydrogen-bond acceptors (Lipinski definition) is 2. The molecular formula is C19H23FN2O. The Bertz CT molecular complexity index is 604. The summed E-state index contributed by atoms with van der Waals surface area (Å²) in [6, 6.07) is 5.86. The van der Waals surface area contributed by atoms with Crippen molar-refractivity contribution in [1.29, 1.82) is 0 Å². The number of carbonyl (C=O) groups is 1. The minimum absolute atomic E-state index is 0.0208. The molecular weight excluding hydrogens is 291 g/mol. The Labute approximate surface area is 136 Å².